The van der Waals surface area contributed by atoms with Crippen LogP contribution in [0.4, 0.5) is 0 Å². The second-order valence-electron chi connectivity index (χ2n) is 6.95. The Morgan fingerprint density at radius 2 is 2.00 bits per heavy atom. The zero-order chi connectivity index (χ0) is 16.8. The standard InChI is InChI=1S/C19H31N3O/c1-14-8-6-7-11-22(14)13-18-10-5-4-9-17(18)12-21-19(23)15(2)16(3)20/h4-5,9-10,14-16H,6-8,11-13,20H2,1-3H3,(H,21,23). The van der Waals surface area contributed by atoms with Crippen molar-refractivity contribution in [3.63, 3.8) is 0 Å². The van der Waals surface area contributed by atoms with Crippen LogP contribution in [0.5, 0.6) is 0 Å². The van der Waals surface area contributed by atoms with E-state index >= 15 is 0 Å². The van der Waals surface area contributed by atoms with E-state index in [-0.39, 0.29) is 17.9 Å². The van der Waals surface area contributed by atoms with Crippen LogP contribution in [0.3, 0.4) is 0 Å². The highest BCUT2D eigenvalue weighted by atomic mass is 16.1. The van der Waals surface area contributed by atoms with E-state index in [1.807, 2.05) is 19.9 Å². The number of rotatable bonds is 6. The molecule has 1 fully saturated rings. The number of hydrogen-bond acceptors (Lipinski definition) is 3. The third kappa shape index (κ3) is 5.05. The van der Waals surface area contributed by atoms with Crippen LogP contribution in [0.1, 0.15) is 51.2 Å². The number of piperidine rings is 1. The fourth-order valence-electron chi connectivity index (χ4n) is 3.08. The van der Waals surface area contributed by atoms with Crippen LogP contribution < -0.4 is 11.1 Å². The number of nitrogens with zero attached hydrogens (tertiary/aromatic N) is 1. The van der Waals surface area contributed by atoms with Gasteiger partial charge in [-0.25, -0.2) is 0 Å². The van der Waals surface area contributed by atoms with Gasteiger partial charge >= 0.3 is 0 Å². The Bertz CT molecular complexity index is 515. The first-order chi connectivity index (χ1) is 11.0. The lowest BCUT2D eigenvalue weighted by atomic mass is 10.0. The second-order valence-corrected chi connectivity index (χ2v) is 6.95. The van der Waals surface area contributed by atoms with E-state index in [1.54, 1.807) is 0 Å². The average molecular weight is 317 g/mol. The van der Waals surface area contributed by atoms with E-state index in [0.29, 0.717) is 12.6 Å². The molecule has 4 nitrogen and oxygen atoms in total. The molecule has 3 N–H and O–H groups in total. The molecule has 0 bridgehead atoms. The summed E-state index contributed by atoms with van der Waals surface area (Å²) in [4.78, 5) is 14.7. The first-order valence-corrected chi connectivity index (χ1v) is 8.83. The minimum absolute atomic E-state index is 0.0288. The molecule has 1 saturated heterocycles. The van der Waals surface area contributed by atoms with Gasteiger partial charge in [0, 0.05) is 31.1 Å². The molecule has 1 aromatic carbocycles. The van der Waals surface area contributed by atoms with Gasteiger partial charge in [0.05, 0.1) is 0 Å². The van der Waals surface area contributed by atoms with Crippen molar-refractivity contribution in [1.29, 1.82) is 0 Å². The van der Waals surface area contributed by atoms with E-state index in [1.165, 1.54) is 36.9 Å². The Morgan fingerprint density at radius 1 is 1.30 bits per heavy atom. The lowest BCUT2D eigenvalue weighted by Crippen LogP contribution is -2.39. The van der Waals surface area contributed by atoms with Crippen LogP contribution in [0.25, 0.3) is 0 Å². The molecule has 128 valence electrons. The number of carbonyl (C=O) groups is 1. The van der Waals surface area contributed by atoms with Crippen molar-refractivity contribution in [2.24, 2.45) is 11.7 Å². The van der Waals surface area contributed by atoms with Crippen LogP contribution in [0.2, 0.25) is 0 Å². The summed E-state index contributed by atoms with van der Waals surface area (Å²) in [6.45, 7) is 8.78. The maximum atomic E-state index is 12.1. The third-order valence-corrected chi connectivity index (χ3v) is 5.09. The predicted molar refractivity (Wildman–Crippen MR) is 94.8 cm³/mol. The lowest BCUT2D eigenvalue weighted by molar-refractivity contribution is -0.125. The van der Waals surface area contributed by atoms with Crippen molar-refractivity contribution in [1.82, 2.24) is 10.2 Å². The fraction of sp³-hybridized carbons (Fsp3) is 0.632. The predicted octanol–water partition coefficient (Wildman–Crippen LogP) is 2.66. The summed E-state index contributed by atoms with van der Waals surface area (Å²) in [7, 11) is 0. The number of carbonyl (C=O) groups excluding carboxylic acids is 1. The number of amides is 1. The Hall–Kier alpha value is -1.39. The monoisotopic (exact) mass is 317 g/mol. The molecule has 2 rings (SSSR count). The summed E-state index contributed by atoms with van der Waals surface area (Å²) in [5.41, 5.74) is 8.33. The van der Waals surface area contributed by atoms with Crippen molar-refractivity contribution in [2.45, 2.75) is 65.2 Å². The molecule has 1 amide bonds. The minimum Gasteiger partial charge on any atom is -0.352 e. The lowest BCUT2D eigenvalue weighted by Gasteiger charge is -2.33. The molecule has 1 aliphatic heterocycles. The van der Waals surface area contributed by atoms with E-state index in [2.05, 4.69) is 35.3 Å². The summed E-state index contributed by atoms with van der Waals surface area (Å²) in [6.07, 6.45) is 3.91. The number of nitrogens with two attached hydrogens (primary N) is 1. The van der Waals surface area contributed by atoms with Gasteiger partial charge in [-0.3, -0.25) is 9.69 Å². The quantitative estimate of drug-likeness (QED) is 0.848. The zero-order valence-corrected chi connectivity index (χ0v) is 14.7. The van der Waals surface area contributed by atoms with E-state index < -0.39 is 0 Å². The molecule has 1 aliphatic rings. The van der Waals surface area contributed by atoms with Crippen molar-refractivity contribution in [3.05, 3.63) is 35.4 Å². The molecular formula is C19H31N3O. The maximum Gasteiger partial charge on any atom is 0.224 e. The Labute approximate surface area is 140 Å². The molecule has 3 unspecified atom stereocenters. The summed E-state index contributed by atoms with van der Waals surface area (Å²) in [5, 5.41) is 3.03. The Morgan fingerprint density at radius 3 is 2.65 bits per heavy atom. The highest BCUT2D eigenvalue weighted by Crippen LogP contribution is 2.20. The van der Waals surface area contributed by atoms with E-state index in [9.17, 15) is 4.79 Å². The zero-order valence-electron chi connectivity index (χ0n) is 14.7. The molecule has 1 heterocycles. The van der Waals surface area contributed by atoms with Crippen molar-refractivity contribution >= 4 is 5.91 Å². The highest BCUT2D eigenvalue weighted by molar-refractivity contribution is 5.78. The fourth-order valence-corrected chi connectivity index (χ4v) is 3.08. The van der Waals surface area contributed by atoms with Gasteiger partial charge in [-0.1, -0.05) is 37.6 Å². The molecule has 0 saturated carbocycles. The molecule has 0 aliphatic carbocycles. The van der Waals surface area contributed by atoms with Crippen LogP contribution in [-0.2, 0) is 17.9 Å². The van der Waals surface area contributed by atoms with Crippen molar-refractivity contribution in [3.8, 4) is 0 Å². The third-order valence-electron chi connectivity index (χ3n) is 5.09. The van der Waals surface area contributed by atoms with Crippen molar-refractivity contribution < 1.29 is 4.79 Å². The van der Waals surface area contributed by atoms with Gasteiger partial charge in [0.2, 0.25) is 5.91 Å². The molecule has 1 aromatic rings. The molecule has 23 heavy (non-hydrogen) atoms. The average Bonchev–Trinajstić information content (AvgIpc) is 2.55. The SMILES string of the molecule is CC(N)C(C)C(=O)NCc1ccccc1CN1CCCCC1C. The number of likely N-dealkylation sites (tertiary alicyclic amines) is 1. The molecule has 0 radical (unpaired) electrons. The molecule has 4 heteroatoms. The van der Waals surface area contributed by atoms with Gasteiger partial charge in [-0.15, -0.1) is 0 Å². The maximum absolute atomic E-state index is 12.1. The molecule has 0 aromatic heterocycles. The van der Waals surface area contributed by atoms with Crippen LogP contribution >= 0.6 is 0 Å². The second kappa shape index (κ2) is 8.46. The summed E-state index contributed by atoms with van der Waals surface area (Å²) in [6, 6.07) is 8.93. The van der Waals surface area contributed by atoms with Gasteiger partial charge in [-0.05, 0) is 44.4 Å². The van der Waals surface area contributed by atoms with Gasteiger partial charge in [0.1, 0.15) is 0 Å². The number of hydrogen-bond donors (Lipinski definition) is 2. The number of benzene rings is 1. The minimum atomic E-state index is -0.163. The summed E-state index contributed by atoms with van der Waals surface area (Å²) < 4.78 is 0. The van der Waals surface area contributed by atoms with Gasteiger partial charge in [-0.2, -0.15) is 0 Å². The molecule has 0 spiro atoms. The summed E-state index contributed by atoms with van der Waals surface area (Å²) in [5.74, 6) is -0.134. The molecular weight excluding hydrogens is 286 g/mol. The van der Waals surface area contributed by atoms with E-state index in [0.717, 1.165) is 6.54 Å². The van der Waals surface area contributed by atoms with Gasteiger partial charge in [0.25, 0.3) is 0 Å². The Balaban J connectivity index is 1.98. The van der Waals surface area contributed by atoms with Crippen LogP contribution in [0.15, 0.2) is 24.3 Å². The number of nitrogens with one attached hydrogen (secondary N) is 1. The van der Waals surface area contributed by atoms with E-state index in [4.69, 9.17) is 5.73 Å². The summed E-state index contributed by atoms with van der Waals surface area (Å²) >= 11 is 0. The normalized spacial score (nSPS) is 21.7. The molecule has 3 atom stereocenters. The highest BCUT2D eigenvalue weighted by Gasteiger charge is 2.20. The topological polar surface area (TPSA) is 58.4 Å². The van der Waals surface area contributed by atoms with Crippen LogP contribution in [-0.4, -0.2) is 29.4 Å². The first kappa shape index (κ1) is 18.0. The van der Waals surface area contributed by atoms with Crippen molar-refractivity contribution in [2.75, 3.05) is 6.54 Å². The first-order valence-electron chi connectivity index (χ1n) is 8.83. The smallest absolute Gasteiger partial charge is 0.224 e. The Kier molecular flexibility index (Phi) is 6.60. The largest absolute Gasteiger partial charge is 0.352 e. The van der Waals surface area contributed by atoms with Gasteiger partial charge in [0.15, 0.2) is 0 Å². The van der Waals surface area contributed by atoms with Gasteiger partial charge < -0.3 is 11.1 Å². The van der Waals surface area contributed by atoms with Crippen LogP contribution in [0, 0.1) is 5.92 Å².